The molecule has 0 aromatic heterocycles. The summed E-state index contributed by atoms with van der Waals surface area (Å²) in [6.07, 6.45) is 2.54. The van der Waals surface area contributed by atoms with Crippen molar-refractivity contribution in [2.24, 2.45) is 5.92 Å². The van der Waals surface area contributed by atoms with Crippen LogP contribution in [0.2, 0.25) is 0 Å². The summed E-state index contributed by atoms with van der Waals surface area (Å²) < 4.78 is 0. The van der Waals surface area contributed by atoms with E-state index in [4.69, 9.17) is 0 Å². The van der Waals surface area contributed by atoms with Gasteiger partial charge in [0, 0.05) is 58.4 Å². The molecule has 0 aromatic rings. The summed E-state index contributed by atoms with van der Waals surface area (Å²) >= 11 is 0. The van der Waals surface area contributed by atoms with Crippen LogP contribution in [0, 0.1) is 5.92 Å². The van der Waals surface area contributed by atoms with Gasteiger partial charge in [0.25, 0.3) is 0 Å². The quantitative estimate of drug-likeness (QED) is 0.710. The second-order valence-corrected chi connectivity index (χ2v) is 5.65. The van der Waals surface area contributed by atoms with Gasteiger partial charge in [0.05, 0.1) is 0 Å². The number of nitrogens with one attached hydrogen (secondary N) is 3. The molecule has 3 N–H and O–H groups in total. The van der Waals surface area contributed by atoms with Crippen LogP contribution in [-0.2, 0) is 0 Å². The van der Waals surface area contributed by atoms with Crippen molar-refractivity contribution in [2.75, 3.05) is 52.4 Å². The highest BCUT2D eigenvalue weighted by molar-refractivity contribution is 4.77. The van der Waals surface area contributed by atoms with Crippen LogP contribution in [0.4, 0.5) is 0 Å². The van der Waals surface area contributed by atoms with Crippen LogP contribution in [0.1, 0.15) is 33.6 Å². The van der Waals surface area contributed by atoms with Crippen molar-refractivity contribution in [3.8, 4) is 0 Å². The maximum absolute atomic E-state index is 3.54. The first-order valence-electron chi connectivity index (χ1n) is 8.15. The zero-order valence-electron chi connectivity index (χ0n) is 13.2. The van der Waals surface area contributed by atoms with E-state index in [1.165, 1.54) is 25.9 Å². The maximum Gasteiger partial charge on any atom is 0.0119 e. The minimum Gasteiger partial charge on any atom is -0.314 e. The Labute approximate surface area is 119 Å². The normalized spacial score (nSPS) is 24.2. The number of hydrogen-bond donors (Lipinski definition) is 3. The molecule has 0 bridgehead atoms. The van der Waals surface area contributed by atoms with Gasteiger partial charge in [-0.15, -0.1) is 0 Å². The van der Waals surface area contributed by atoms with Crippen LogP contribution < -0.4 is 16.0 Å². The van der Waals surface area contributed by atoms with E-state index in [1.54, 1.807) is 0 Å². The Balaban J connectivity index is 2.48. The Bertz CT molecular complexity index is 198. The molecule has 0 saturated carbocycles. The van der Waals surface area contributed by atoms with Crippen molar-refractivity contribution >= 4 is 0 Å². The van der Waals surface area contributed by atoms with Crippen molar-refractivity contribution < 1.29 is 0 Å². The lowest BCUT2D eigenvalue weighted by Gasteiger charge is -2.35. The molecule has 2 atom stereocenters. The van der Waals surface area contributed by atoms with Gasteiger partial charge in [0.2, 0.25) is 0 Å². The second-order valence-electron chi connectivity index (χ2n) is 5.65. The van der Waals surface area contributed by atoms with Gasteiger partial charge in [-0.1, -0.05) is 27.2 Å². The van der Waals surface area contributed by atoms with E-state index in [-0.39, 0.29) is 0 Å². The summed E-state index contributed by atoms with van der Waals surface area (Å²) in [5.41, 5.74) is 0. The van der Waals surface area contributed by atoms with Crippen molar-refractivity contribution in [1.82, 2.24) is 20.9 Å². The SMILES string of the molecule is CCC(C)C(CC)N1CCNCCNCCNCC1. The Morgan fingerprint density at radius 1 is 0.789 bits per heavy atom. The van der Waals surface area contributed by atoms with Gasteiger partial charge in [-0.05, 0) is 12.3 Å². The molecule has 1 fully saturated rings. The van der Waals surface area contributed by atoms with Gasteiger partial charge in [-0.2, -0.15) is 0 Å². The fourth-order valence-corrected chi connectivity index (χ4v) is 2.91. The van der Waals surface area contributed by atoms with Crippen LogP contribution in [-0.4, -0.2) is 63.3 Å². The summed E-state index contributed by atoms with van der Waals surface area (Å²) in [4.78, 5) is 2.68. The Morgan fingerprint density at radius 3 is 1.68 bits per heavy atom. The molecule has 0 amide bonds. The molecule has 114 valence electrons. The molecule has 0 radical (unpaired) electrons. The van der Waals surface area contributed by atoms with Gasteiger partial charge in [0.1, 0.15) is 0 Å². The monoisotopic (exact) mass is 270 g/mol. The molecule has 0 aromatic carbocycles. The lowest BCUT2D eigenvalue weighted by molar-refractivity contribution is 0.141. The summed E-state index contributed by atoms with van der Waals surface area (Å²) in [6.45, 7) is 15.9. The average Bonchev–Trinajstić information content (AvgIpc) is 2.41. The first kappa shape index (κ1) is 16.9. The number of hydrogen-bond acceptors (Lipinski definition) is 4. The topological polar surface area (TPSA) is 39.3 Å². The van der Waals surface area contributed by atoms with E-state index in [9.17, 15) is 0 Å². The van der Waals surface area contributed by atoms with E-state index < -0.39 is 0 Å². The lowest BCUT2D eigenvalue weighted by atomic mass is 9.95. The molecule has 1 aliphatic rings. The number of rotatable bonds is 4. The predicted octanol–water partition coefficient (Wildman–Crippen LogP) is 0.896. The van der Waals surface area contributed by atoms with Crippen LogP contribution in [0.15, 0.2) is 0 Å². The molecular weight excluding hydrogens is 236 g/mol. The Kier molecular flexibility index (Phi) is 9.43. The van der Waals surface area contributed by atoms with E-state index >= 15 is 0 Å². The Hall–Kier alpha value is -0.160. The summed E-state index contributed by atoms with van der Waals surface area (Å²) in [5.74, 6) is 0.791. The van der Waals surface area contributed by atoms with Crippen LogP contribution in [0.5, 0.6) is 0 Å². The maximum atomic E-state index is 3.54. The molecule has 1 aliphatic heterocycles. The van der Waals surface area contributed by atoms with Crippen LogP contribution >= 0.6 is 0 Å². The molecule has 4 nitrogen and oxygen atoms in total. The van der Waals surface area contributed by atoms with Crippen molar-refractivity contribution in [3.05, 3.63) is 0 Å². The molecule has 0 aliphatic carbocycles. The molecule has 1 saturated heterocycles. The largest absolute Gasteiger partial charge is 0.314 e. The van der Waals surface area contributed by atoms with Gasteiger partial charge in [-0.3, -0.25) is 4.90 Å². The highest BCUT2D eigenvalue weighted by Gasteiger charge is 2.21. The van der Waals surface area contributed by atoms with Crippen molar-refractivity contribution in [1.29, 1.82) is 0 Å². The first-order chi connectivity index (χ1) is 9.29. The van der Waals surface area contributed by atoms with Gasteiger partial charge in [-0.25, -0.2) is 0 Å². The fraction of sp³-hybridized carbons (Fsp3) is 1.00. The van der Waals surface area contributed by atoms with E-state index in [0.29, 0.717) is 0 Å². The molecule has 1 heterocycles. The number of nitrogens with zero attached hydrogens (tertiary/aromatic N) is 1. The molecular formula is C15H34N4. The van der Waals surface area contributed by atoms with Gasteiger partial charge >= 0.3 is 0 Å². The van der Waals surface area contributed by atoms with Crippen molar-refractivity contribution in [3.63, 3.8) is 0 Å². The molecule has 1 rings (SSSR count). The molecule has 0 spiro atoms. The van der Waals surface area contributed by atoms with Gasteiger partial charge in [0.15, 0.2) is 0 Å². The van der Waals surface area contributed by atoms with Crippen molar-refractivity contribution in [2.45, 2.75) is 39.7 Å². The third kappa shape index (κ3) is 6.70. The molecule has 4 heteroatoms. The van der Waals surface area contributed by atoms with Crippen LogP contribution in [0.3, 0.4) is 0 Å². The zero-order chi connectivity index (χ0) is 13.9. The highest BCUT2D eigenvalue weighted by Crippen LogP contribution is 2.17. The zero-order valence-corrected chi connectivity index (χ0v) is 13.2. The van der Waals surface area contributed by atoms with Gasteiger partial charge < -0.3 is 16.0 Å². The minimum absolute atomic E-state index is 0.731. The Morgan fingerprint density at radius 2 is 1.26 bits per heavy atom. The minimum atomic E-state index is 0.731. The second kappa shape index (κ2) is 10.6. The van der Waals surface area contributed by atoms with E-state index in [1.807, 2.05) is 0 Å². The molecule has 19 heavy (non-hydrogen) atoms. The molecule has 2 unspecified atom stereocenters. The highest BCUT2D eigenvalue weighted by atomic mass is 15.2. The fourth-order valence-electron chi connectivity index (χ4n) is 2.91. The summed E-state index contributed by atoms with van der Waals surface area (Å²) in [6, 6.07) is 0.731. The average molecular weight is 270 g/mol. The van der Waals surface area contributed by atoms with Crippen LogP contribution in [0.25, 0.3) is 0 Å². The lowest BCUT2D eigenvalue weighted by Crippen LogP contribution is -2.47. The summed E-state index contributed by atoms with van der Waals surface area (Å²) in [5, 5.41) is 10.5. The predicted molar refractivity (Wildman–Crippen MR) is 83.7 cm³/mol. The third-order valence-corrected chi connectivity index (χ3v) is 4.30. The smallest absolute Gasteiger partial charge is 0.0119 e. The first-order valence-corrected chi connectivity index (χ1v) is 8.15. The standard InChI is InChI=1S/C15H34N4/c1-4-14(3)15(5-2)19-12-10-17-8-6-16-7-9-18-11-13-19/h14-18H,4-13H2,1-3H3. The third-order valence-electron chi connectivity index (χ3n) is 4.30. The van der Waals surface area contributed by atoms with E-state index in [2.05, 4.69) is 41.6 Å². The van der Waals surface area contributed by atoms with E-state index in [0.717, 1.165) is 51.2 Å². The summed E-state index contributed by atoms with van der Waals surface area (Å²) in [7, 11) is 0.